The number of nitrogens with two attached hydrogens (primary N) is 1. The fourth-order valence-electron chi connectivity index (χ4n) is 2.72. The van der Waals surface area contributed by atoms with E-state index < -0.39 is 6.04 Å². The topological polar surface area (TPSA) is 60.9 Å². The van der Waals surface area contributed by atoms with Crippen LogP contribution in [0, 0.1) is 20.8 Å². The summed E-state index contributed by atoms with van der Waals surface area (Å²) in [6.07, 6.45) is 1.97. The summed E-state index contributed by atoms with van der Waals surface area (Å²) in [6, 6.07) is 7.54. The van der Waals surface area contributed by atoms with Crippen molar-refractivity contribution in [3.05, 3.63) is 62.6 Å². The third kappa shape index (κ3) is 3.45. The van der Waals surface area contributed by atoms with Crippen molar-refractivity contribution >= 4 is 0 Å². The van der Waals surface area contributed by atoms with Crippen molar-refractivity contribution < 1.29 is 0 Å². The zero-order chi connectivity index (χ0) is 16.3. The molecule has 22 heavy (non-hydrogen) atoms. The highest BCUT2D eigenvalue weighted by atomic mass is 16.1. The van der Waals surface area contributed by atoms with Crippen LogP contribution in [0.1, 0.15) is 53.8 Å². The predicted octanol–water partition coefficient (Wildman–Crippen LogP) is 3.02. The van der Waals surface area contributed by atoms with Gasteiger partial charge in [0.1, 0.15) is 0 Å². The number of unbranched alkanes of at least 4 members (excludes halogenated alkanes) is 1. The van der Waals surface area contributed by atoms with Crippen molar-refractivity contribution in [3.63, 3.8) is 0 Å². The second-order valence-corrected chi connectivity index (χ2v) is 5.96. The normalized spacial score (nSPS) is 12.4. The molecule has 0 spiro atoms. The van der Waals surface area contributed by atoms with Crippen LogP contribution >= 0.6 is 0 Å². The Morgan fingerprint density at radius 1 is 1.18 bits per heavy atom. The van der Waals surface area contributed by atoms with Gasteiger partial charge in [-0.25, -0.2) is 4.68 Å². The molecule has 0 amide bonds. The molecular formula is C18H25N3O. The Balaban J connectivity index is 2.47. The maximum atomic E-state index is 12.6. The monoisotopic (exact) mass is 299 g/mol. The Morgan fingerprint density at radius 3 is 2.55 bits per heavy atom. The van der Waals surface area contributed by atoms with E-state index in [1.54, 1.807) is 4.68 Å². The molecular weight excluding hydrogens is 274 g/mol. The molecule has 0 aliphatic rings. The first kappa shape index (κ1) is 16.4. The van der Waals surface area contributed by atoms with Crippen LogP contribution in [0.5, 0.6) is 0 Å². The second kappa shape index (κ2) is 6.88. The van der Waals surface area contributed by atoms with Gasteiger partial charge in [-0.05, 0) is 44.4 Å². The Kier molecular flexibility index (Phi) is 5.14. The van der Waals surface area contributed by atoms with Crippen molar-refractivity contribution in [1.82, 2.24) is 9.78 Å². The molecule has 1 aromatic carbocycles. The first-order chi connectivity index (χ1) is 10.4. The van der Waals surface area contributed by atoms with E-state index >= 15 is 0 Å². The highest BCUT2D eigenvalue weighted by molar-refractivity contribution is 5.38. The molecule has 1 atom stereocenters. The highest BCUT2D eigenvalue weighted by Gasteiger charge is 2.17. The summed E-state index contributed by atoms with van der Waals surface area (Å²) < 4.78 is 1.55. The summed E-state index contributed by atoms with van der Waals surface area (Å²) in [4.78, 5) is 12.6. The van der Waals surface area contributed by atoms with E-state index in [9.17, 15) is 4.79 Å². The lowest BCUT2D eigenvalue weighted by molar-refractivity contribution is 0.529. The minimum atomic E-state index is -0.414. The zero-order valence-electron chi connectivity index (χ0n) is 13.9. The van der Waals surface area contributed by atoms with Crippen molar-refractivity contribution in [3.8, 4) is 0 Å². The number of benzene rings is 1. The molecule has 0 radical (unpaired) electrons. The number of aryl methyl sites for hydroxylation is 4. The SMILES string of the molecule is CCCCn1nc(C)cc(C(N)c2ccc(C)cc2C)c1=O. The van der Waals surface area contributed by atoms with Gasteiger partial charge in [0.2, 0.25) is 0 Å². The van der Waals surface area contributed by atoms with E-state index in [1.807, 2.05) is 32.0 Å². The Labute approximate surface area is 132 Å². The quantitative estimate of drug-likeness (QED) is 0.923. The third-order valence-corrected chi connectivity index (χ3v) is 3.94. The van der Waals surface area contributed by atoms with Gasteiger partial charge in [-0.2, -0.15) is 5.10 Å². The van der Waals surface area contributed by atoms with Crippen LogP contribution in [0.4, 0.5) is 0 Å². The Hall–Kier alpha value is -1.94. The molecule has 2 N–H and O–H groups in total. The summed E-state index contributed by atoms with van der Waals surface area (Å²) in [7, 11) is 0. The predicted molar refractivity (Wildman–Crippen MR) is 90.1 cm³/mol. The van der Waals surface area contributed by atoms with Crippen molar-refractivity contribution in [2.75, 3.05) is 0 Å². The Morgan fingerprint density at radius 2 is 1.91 bits per heavy atom. The van der Waals surface area contributed by atoms with Gasteiger partial charge in [0.25, 0.3) is 5.56 Å². The average molecular weight is 299 g/mol. The summed E-state index contributed by atoms with van der Waals surface area (Å²) in [6.45, 7) is 8.73. The summed E-state index contributed by atoms with van der Waals surface area (Å²) >= 11 is 0. The van der Waals surface area contributed by atoms with E-state index in [4.69, 9.17) is 5.73 Å². The lowest BCUT2D eigenvalue weighted by Crippen LogP contribution is -2.31. The fourth-order valence-corrected chi connectivity index (χ4v) is 2.72. The molecule has 0 fully saturated rings. The number of rotatable bonds is 5. The van der Waals surface area contributed by atoms with Gasteiger partial charge in [0, 0.05) is 12.1 Å². The highest BCUT2D eigenvalue weighted by Crippen LogP contribution is 2.21. The first-order valence-corrected chi connectivity index (χ1v) is 7.85. The molecule has 2 aromatic rings. The average Bonchev–Trinajstić information content (AvgIpc) is 2.47. The van der Waals surface area contributed by atoms with Crippen LogP contribution in [-0.2, 0) is 6.54 Å². The smallest absolute Gasteiger partial charge is 0.271 e. The molecule has 0 aliphatic carbocycles. The molecule has 4 heteroatoms. The maximum Gasteiger partial charge on any atom is 0.271 e. The van der Waals surface area contributed by atoms with Gasteiger partial charge < -0.3 is 5.73 Å². The van der Waals surface area contributed by atoms with Crippen molar-refractivity contribution in [2.24, 2.45) is 5.73 Å². The summed E-state index contributed by atoms with van der Waals surface area (Å²) in [5.74, 6) is 0. The number of nitrogens with zero attached hydrogens (tertiary/aromatic N) is 2. The standard InChI is InChI=1S/C18H25N3O/c1-5-6-9-21-18(22)16(11-14(4)20-21)17(19)15-8-7-12(2)10-13(15)3/h7-8,10-11,17H,5-6,9,19H2,1-4H3. The summed E-state index contributed by atoms with van der Waals surface area (Å²) in [5, 5.41) is 4.33. The van der Waals surface area contributed by atoms with E-state index in [2.05, 4.69) is 25.0 Å². The van der Waals surface area contributed by atoms with Gasteiger partial charge >= 0.3 is 0 Å². The number of hydrogen-bond acceptors (Lipinski definition) is 3. The minimum Gasteiger partial charge on any atom is -0.320 e. The van der Waals surface area contributed by atoms with E-state index in [-0.39, 0.29) is 5.56 Å². The van der Waals surface area contributed by atoms with Crippen LogP contribution in [-0.4, -0.2) is 9.78 Å². The molecule has 4 nitrogen and oxygen atoms in total. The van der Waals surface area contributed by atoms with E-state index in [0.717, 1.165) is 29.7 Å². The lowest BCUT2D eigenvalue weighted by Gasteiger charge is -2.17. The van der Waals surface area contributed by atoms with Gasteiger partial charge in [0.15, 0.2) is 0 Å². The van der Waals surface area contributed by atoms with E-state index in [1.165, 1.54) is 5.56 Å². The molecule has 118 valence electrons. The van der Waals surface area contributed by atoms with Crippen LogP contribution < -0.4 is 11.3 Å². The molecule has 1 aromatic heterocycles. The maximum absolute atomic E-state index is 12.6. The summed E-state index contributed by atoms with van der Waals surface area (Å²) in [5.41, 5.74) is 11.1. The molecule has 0 saturated heterocycles. The van der Waals surface area contributed by atoms with Crippen LogP contribution in [0.2, 0.25) is 0 Å². The van der Waals surface area contributed by atoms with Gasteiger partial charge in [-0.3, -0.25) is 4.79 Å². The first-order valence-electron chi connectivity index (χ1n) is 7.85. The largest absolute Gasteiger partial charge is 0.320 e. The molecule has 0 bridgehead atoms. The lowest BCUT2D eigenvalue weighted by atomic mass is 9.95. The van der Waals surface area contributed by atoms with E-state index in [0.29, 0.717) is 12.1 Å². The van der Waals surface area contributed by atoms with Gasteiger partial charge in [-0.1, -0.05) is 37.1 Å². The Bertz CT molecular complexity index is 719. The van der Waals surface area contributed by atoms with Crippen LogP contribution in [0.3, 0.4) is 0 Å². The van der Waals surface area contributed by atoms with Crippen molar-refractivity contribution in [1.29, 1.82) is 0 Å². The second-order valence-electron chi connectivity index (χ2n) is 5.96. The van der Waals surface area contributed by atoms with Gasteiger partial charge in [0.05, 0.1) is 11.7 Å². The van der Waals surface area contributed by atoms with Crippen LogP contribution in [0.25, 0.3) is 0 Å². The van der Waals surface area contributed by atoms with Gasteiger partial charge in [-0.15, -0.1) is 0 Å². The zero-order valence-corrected chi connectivity index (χ0v) is 13.9. The molecule has 2 rings (SSSR count). The van der Waals surface area contributed by atoms with Crippen LogP contribution in [0.15, 0.2) is 29.1 Å². The molecule has 1 heterocycles. The molecule has 0 aliphatic heterocycles. The fraction of sp³-hybridized carbons (Fsp3) is 0.444. The number of aromatic nitrogens is 2. The third-order valence-electron chi connectivity index (χ3n) is 3.94. The minimum absolute atomic E-state index is 0.0773. The number of hydrogen-bond donors (Lipinski definition) is 1. The van der Waals surface area contributed by atoms with Crippen molar-refractivity contribution in [2.45, 2.75) is 53.1 Å². The molecule has 1 unspecified atom stereocenters. The molecule has 0 saturated carbocycles.